The topological polar surface area (TPSA) is 67.8 Å². The third kappa shape index (κ3) is 3.08. The standard InChI is InChI=1S/C16H19NO4S/c1-16(21-3,15(19)20-2)14(11-8-9-22-10-11)17-12-6-4-5-7-13(12)18/h4-10,14,17-18H,1-3H3/t14-,16+/m1/s1. The maximum Gasteiger partial charge on any atom is 0.340 e. The summed E-state index contributed by atoms with van der Waals surface area (Å²) in [5.41, 5.74) is 0.159. The number of phenolic OH excluding ortho intramolecular Hbond substituents is 1. The zero-order valence-corrected chi connectivity index (χ0v) is 13.5. The lowest BCUT2D eigenvalue weighted by atomic mass is 9.91. The van der Waals surface area contributed by atoms with Gasteiger partial charge in [0.2, 0.25) is 0 Å². The molecule has 0 unspecified atom stereocenters. The van der Waals surface area contributed by atoms with E-state index in [9.17, 15) is 9.90 Å². The molecule has 118 valence electrons. The minimum absolute atomic E-state index is 0.103. The molecule has 22 heavy (non-hydrogen) atoms. The van der Waals surface area contributed by atoms with E-state index in [1.165, 1.54) is 25.6 Å². The molecule has 0 aliphatic rings. The van der Waals surface area contributed by atoms with E-state index in [1.54, 1.807) is 31.2 Å². The quantitative estimate of drug-likeness (QED) is 0.632. The molecule has 0 spiro atoms. The van der Waals surface area contributed by atoms with Gasteiger partial charge in [-0.05, 0) is 41.4 Å². The number of hydrogen-bond donors (Lipinski definition) is 2. The van der Waals surface area contributed by atoms with E-state index in [0.29, 0.717) is 5.69 Å². The summed E-state index contributed by atoms with van der Waals surface area (Å²) in [6.45, 7) is 1.66. The van der Waals surface area contributed by atoms with Crippen LogP contribution in [0.4, 0.5) is 5.69 Å². The van der Waals surface area contributed by atoms with Crippen LogP contribution in [0.3, 0.4) is 0 Å². The third-order valence-corrected chi connectivity index (χ3v) is 4.35. The Labute approximate surface area is 133 Å². The number of carbonyl (C=O) groups is 1. The van der Waals surface area contributed by atoms with Gasteiger partial charge in [-0.3, -0.25) is 0 Å². The highest BCUT2D eigenvalue weighted by atomic mass is 32.1. The number of carbonyl (C=O) groups excluding carboxylic acids is 1. The van der Waals surface area contributed by atoms with Crippen molar-refractivity contribution in [2.45, 2.75) is 18.6 Å². The molecule has 0 amide bonds. The Hall–Kier alpha value is -2.05. The highest BCUT2D eigenvalue weighted by Crippen LogP contribution is 2.36. The van der Waals surface area contributed by atoms with Crippen molar-refractivity contribution in [3.8, 4) is 5.75 Å². The van der Waals surface area contributed by atoms with Gasteiger partial charge < -0.3 is 19.9 Å². The Bertz CT molecular complexity index is 629. The van der Waals surface area contributed by atoms with Crippen molar-refractivity contribution in [1.82, 2.24) is 0 Å². The fourth-order valence-corrected chi connectivity index (χ4v) is 2.94. The first kappa shape index (κ1) is 16.3. The lowest BCUT2D eigenvalue weighted by molar-refractivity contribution is -0.166. The lowest BCUT2D eigenvalue weighted by Crippen LogP contribution is -2.47. The summed E-state index contributed by atoms with van der Waals surface area (Å²) >= 11 is 1.52. The van der Waals surface area contributed by atoms with Crippen LogP contribution in [-0.4, -0.2) is 30.9 Å². The second-order valence-electron chi connectivity index (χ2n) is 4.95. The van der Waals surface area contributed by atoms with Gasteiger partial charge in [0.15, 0.2) is 5.60 Å². The molecule has 2 aromatic rings. The number of aromatic hydroxyl groups is 1. The van der Waals surface area contributed by atoms with Crippen LogP contribution < -0.4 is 5.32 Å². The van der Waals surface area contributed by atoms with Crippen LogP contribution in [0.5, 0.6) is 5.75 Å². The van der Waals surface area contributed by atoms with Crippen molar-refractivity contribution in [1.29, 1.82) is 0 Å². The van der Waals surface area contributed by atoms with Gasteiger partial charge in [-0.25, -0.2) is 4.79 Å². The molecule has 2 N–H and O–H groups in total. The molecule has 5 nitrogen and oxygen atoms in total. The van der Waals surface area contributed by atoms with E-state index in [1.807, 2.05) is 16.8 Å². The zero-order valence-electron chi connectivity index (χ0n) is 12.7. The average molecular weight is 321 g/mol. The predicted molar refractivity (Wildman–Crippen MR) is 86.2 cm³/mol. The molecule has 0 radical (unpaired) electrons. The monoisotopic (exact) mass is 321 g/mol. The number of hydrogen-bond acceptors (Lipinski definition) is 6. The smallest absolute Gasteiger partial charge is 0.340 e. The summed E-state index contributed by atoms with van der Waals surface area (Å²) in [5, 5.41) is 17.0. The van der Waals surface area contributed by atoms with Gasteiger partial charge in [0.25, 0.3) is 0 Å². The Morgan fingerprint density at radius 3 is 2.59 bits per heavy atom. The number of nitrogens with one attached hydrogen (secondary N) is 1. The summed E-state index contributed by atoms with van der Waals surface area (Å²) in [4.78, 5) is 12.2. The largest absolute Gasteiger partial charge is 0.506 e. The van der Waals surface area contributed by atoms with Crippen LogP contribution in [-0.2, 0) is 14.3 Å². The first-order valence-electron chi connectivity index (χ1n) is 6.73. The summed E-state index contributed by atoms with van der Waals surface area (Å²) < 4.78 is 10.4. The van der Waals surface area contributed by atoms with Gasteiger partial charge in [-0.15, -0.1) is 0 Å². The van der Waals surface area contributed by atoms with Crippen LogP contribution in [0.25, 0.3) is 0 Å². The second-order valence-corrected chi connectivity index (χ2v) is 5.73. The number of para-hydroxylation sites is 2. The Balaban J connectivity index is 2.44. The molecule has 6 heteroatoms. The molecule has 1 aromatic carbocycles. The van der Waals surface area contributed by atoms with Gasteiger partial charge in [-0.2, -0.15) is 11.3 Å². The molecular formula is C16H19NO4S. The maximum absolute atomic E-state index is 12.2. The number of esters is 1. The fourth-order valence-electron chi connectivity index (χ4n) is 2.25. The van der Waals surface area contributed by atoms with Crippen LogP contribution in [0.1, 0.15) is 18.5 Å². The maximum atomic E-state index is 12.2. The van der Waals surface area contributed by atoms with Gasteiger partial charge in [-0.1, -0.05) is 12.1 Å². The van der Waals surface area contributed by atoms with Crippen molar-refractivity contribution in [3.63, 3.8) is 0 Å². The molecule has 2 rings (SSSR count). The van der Waals surface area contributed by atoms with Crippen LogP contribution in [0.2, 0.25) is 0 Å². The lowest BCUT2D eigenvalue weighted by Gasteiger charge is -2.34. The van der Waals surface area contributed by atoms with Crippen molar-refractivity contribution in [2.24, 2.45) is 0 Å². The third-order valence-electron chi connectivity index (χ3n) is 3.65. The SMILES string of the molecule is COC(=O)[C@@](C)(OC)[C@H](Nc1ccccc1O)c1ccsc1. The Morgan fingerprint density at radius 1 is 1.32 bits per heavy atom. The molecule has 0 saturated carbocycles. The summed E-state index contributed by atoms with van der Waals surface area (Å²) in [6.07, 6.45) is 0. The van der Waals surface area contributed by atoms with Crippen LogP contribution in [0.15, 0.2) is 41.1 Å². The predicted octanol–water partition coefficient (Wildman–Crippen LogP) is 3.19. The first-order valence-corrected chi connectivity index (χ1v) is 7.67. The van der Waals surface area contributed by atoms with Crippen molar-refractivity contribution in [2.75, 3.05) is 19.5 Å². The van der Waals surface area contributed by atoms with Gasteiger partial charge in [0, 0.05) is 7.11 Å². The molecule has 2 atom stereocenters. The van der Waals surface area contributed by atoms with E-state index in [-0.39, 0.29) is 5.75 Å². The number of anilines is 1. The van der Waals surface area contributed by atoms with E-state index < -0.39 is 17.6 Å². The van der Waals surface area contributed by atoms with E-state index in [2.05, 4.69) is 5.32 Å². The van der Waals surface area contributed by atoms with Crippen molar-refractivity contribution < 1.29 is 19.4 Å². The minimum atomic E-state index is -1.24. The molecule has 1 aromatic heterocycles. The van der Waals surface area contributed by atoms with E-state index >= 15 is 0 Å². The number of thiophene rings is 1. The molecule has 0 bridgehead atoms. The highest BCUT2D eigenvalue weighted by Gasteiger charge is 2.44. The van der Waals surface area contributed by atoms with Gasteiger partial charge >= 0.3 is 5.97 Å². The number of benzene rings is 1. The number of methoxy groups -OCH3 is 2. The fraction of sp³-hybridized carbons (Fsp3) is 0.312. The highest BCUT2D eigenvalue weighted by molar-refractivity contribution is 7.08. The van der Waals surface area contributed by atoms with Crippen LogP contribution in [0, 0.1) is 0 Å². The Kier molecular flexibility index (Phi) is 5.05. The molecule has 1 heterocycles. The van der Waals surface area contributed by atoms with E-state index in [4.69, 9.17) is 9.47 Å². The minimum Gasteiger partial charge on any atom is -0.506 e. The number of rotatable bonds is 6. The van der Waals surface area contributed by atoms with Crippen LogP contribution >= 0.6 is 11.3 Å². The molecule has 0 saturated heterocycles. The van der Waals surface area contributed by atoms with E-state index in [0.717, 1.165) is 5.56 Å². The second kappa shape index (κ2) is 6.81. The summed E-state index contributed by atoms with van der Waals surface area (Å²) in [5.74, 6) is -0.389. The van der Waals surface area contributed by atoms with Crippen molar-refractivity contribution >= 4 is 23.0 Å². The number of phenols is 1. The molecule has 0 aliphatic carbocycles. The molecule has 0 fully saturated rings. The van der Waals surface area contributed by atoms with Gasteiger partial charge in [0.1, 0.15) is 5.75 Å². The summed E-state index contributed by atoms with van der Waals surface area (Å²) in [7, 11) is 2.78. The van der Waals surface area contributed by atoms with Gasteiger partial charge in [0.05, 0.1) is 18.8 Å². The first-order chi connectivity index (χ1) is 10.5. The molecular weight excluding hydrogens is 302 g/mol. The summed E-state index contributed by atoms with van der Waals surface area (Å²) in [6, 6.07) is 8.25. The zero-order chi connectivity index (χ0) is 16.2. The number of ether oxygens (including phenoxy) is 2. The normalized spacial score (nSPS) is 14.9. The molecule has 0 aliphatic heterocycles. The Morgan fingerprint density at radius 2 is 2.05 bits per heavy atom. The average Bonchev–Trinajstić information content (AvgIpc) is 3.06. The van der Waals surface area contributed by atoms with Crippen molar-refractivity contribution in [3.05, 3.63) is 46.7 Å².